The summed E-state index contributed by atoms with van der Waals surface area (Å²) in [5.41, 5.74) is 0.299. The summed E-state index contributed by atoms with van der Waals surface area (Å²) in [5.74, 6) is -0.755. The topological polar surface area (TPSA) is 104 Å². The van der Waals surface area contributed by atoms with E-state index in [1.165, 1.54) is 11.8 Å². The lowest BCUT2D eigenvalue weighted by Gasteiger charge is -2.23. The molecule has 0 aliphatic carbocycles. The molecule has 1 atom stereocenters. The Labute approximate surface area is 158 Å². The van der Waals surface area contributed by atoms with Crippen LogP contribution >= 0.6 is 23.4 Å². The van der Waals surface area contributed by atoms with E-state index in [-0.39, 0.29) is 23.7 Å². The van der Waals surface area contributed by atoms with Crippen LogP contribution in [-0.2, 0) is 9.59 Å². The number of thioether (sulfide) groups is 1. The minimum Gasteiger partial charge on any atom is -0.326 e. The van der Waals surface area contributed by atoms with Crippen molar-refractivity contribution in [2.75, 3.05) is 16.4 Å². The first kappa shape index (κ1) is 18.5. The van der Waals surface area contributed by atoms with Crippen LogP contribution in [0.25, 0.3) is 0 Å². The number of carbonyl (C=O) groups is 2. The largest absolute Gasteiger partial charge is 0.326 e. The highest BCUT2D eigenvalue weighted by atomic mass is 35.5. The Balaban J connectivity index is 1.90. The van der Waals surface area contributed by atoms with E-state index in [9.17, 15) is 14.4 Å². The summed E-state index contributed by atoms with van der Waals surface area (Å²) in [4.78, 5) is 44.2. The molecule has 1 aliphatic rings. The van der Waals surface area contributed by atoms with Gasteiger partial charge in [0.05, 0.1) is 11.5 Å². The minimum atomic E-state index is -0.907. The van der Waals surface area contributed by atoms with Gasteiger partial charge in [-0.1, -0.05) is 30.3 Å². The lowest BCUT2D eigenvalue weighted by Crippen LogP contribution is -2.36. The number of fused-ring (bicyclic) bond motifs is 1. The minimum absolute atomic E-state index is 0.112. The van der Waals surface area contributed by atoms with Crippen LogP contribution in [0.5, 0.6) is 0 Å². The predicted octanol–water partition coefficient (Wildman–Crippen LogP) is 2.99. The Morgan fingerprint density at radius 2 is 2.08 bits per heavy atom. The second-order valence-electron chi connectivity index (χ2n) is 5.78. The number of carbonyl (C=O) groups excluding carboxylic acids is 2. The van der Waals surface area contributed by atoms with Gasteiger partial charge in [-0.05, 0) is 30.7 Å². The van der Waals surface area contributed by atoms with Gasteiger partial charge in [0.1, 0.15) is 5.82 Å². The highest BCUT2D eigenvalue weighted by Crippen LogP contribution is 2.30. The van der Waals surface area contributed by atoms with Crippen molar-refractivity contribution < 1.29 is 9.59 Å². The summed E-state index contributed by atoms with van der Waals surface area (Å²) in [5, 5.41) is 6.28. The zero-order valence-electron chi connectivity index (χ0n) is 14.0. The van der Waals surface area contributed by atoms with Crippen molar-refractivity contribution in [1.29, 1.82) is 0 Å². The van der Waals surface area contributed by atoms with Gasteiger partial charge in [0, 0.05) is 22.9 Å². The Kier molecular flexibility index (Phi) is 5.63. The molecule has 0 bridgehead atoms. The molecule has 0 saturated heterocycles. The number of aromatic amines is 1. The zero-order chi connectivity index (χ0) is 18.7. The third-order valence-corrected chi connectivity index (χ3v) is 5.13. The van der Waals surface area contributed by atoms with Gasteiger partial charge in [-0.3, -0.25) is 14.4 Å². The van der Waals surface area contributed by atoms with Crippen molar-refractivity contribution in [1.82, 2.24) is 9.97 Å². The van der Waals surface area contributed by atoms with Gasteiger partial charge >= 0.3 is 0 Å². The molecule has 7 nitrogen and oxygen atoms in total. The van der Waals surface area contributed by atoms with Crippen molar-refractivity contribution in [3.8, 4) is 0 Å². The van der Waals surface area contributed by atoms with Crippen LogP contribution in [0.15, 0.2) is 34.2 Å². The maximum Gasteiger partial charge on any atom is 0.257 e. The predicted molar refractivity (Wildman–Crippen MR) is 102 cm³/mol. The van der Waals surface area contributed by atoms with Gasteiger partial charge in [-0.2, -0.15) is 0 Å². The van der Waals surface area contributed by atoms with E-state index in [1.54, 1.807) is 24.3 Å². The number of halogens is 1. The number of rotatable bonds is 5. The maximum absolute atomic E-state index is 12.7. The molecule has 0 fully saturated rings. The van der Waals surface area contributed by atoms with Crippen molar-refractivity contribution in [2.45, 2.75) is 30.8 Å². The van der Waals surface area contributed by atoms with Crippen LogP contribution in [0.4, 0.5) is 11.5 Å². The summed E-state index contributed by atoms with van der Waals surface area (Å²) >= 11 is 7.22. The first-order valence-electron chi connectivity index (χ1n) is 8.11. The first-order chi connectivity index (χ1) is 12.5. The van der Waals surface area contributed by atoms with Gasteiger partial charge in [-0.25, -0.2) is 4.98 Å². The molecule has 1 aliphatic heterocycles. The molecule has 26 heavy (non-hydrogen) atoms. The molecule has 9 heteroatoms. The third-order valence-electron chi connectivity index (χ3n) is 3.80. The number of anilines is 2. The van der Waals surface area contributed by atoms with Crippen LogP contribution in [0.2, 0.25) is 5.02 Å². The van der Waals surface area contributed by atoms with E-state index in [0.717, 1.165) is 12.2 Å². The molecule has 3 rings (SSSR count). The smallest absolute Gasteiger partial charge is 0.257 e. The SMILES string of the molecule is CCCSc1nc2c(c(=O)[nH]1)[C@@H](C(=O)Nc1ccc(Cl)cc1)CC(=O)N2. The van der Waals surface area contributed by atoms with Crippen LogP contribution < -0.4 is 16.2 Å². The van der Waals surface area contributed by atoms with Crippen LogP contribution in [0, 0.1) is 0 Å². The van der Waals surface area contributed by atoms with Gasteiger partial charge in [0.25, 0.3) is 5.56 Å². The fourth-order valence-electron chi connectivity index (χ4n) is 2.60. The molecule has 1 aromatic carbocycles. The monoisotopic (exact) mass is 392 g/mol. The normalized spacial score (nSPS) is 15.9. The molecule has 0 saturated carbocycles. The Morgan fingerprint density at radius 1 is 1.35 bits per heavy atom. The number of amides is 2. The molecule has 136 valence electrons. The number of nitrogens with one attached hydrogen (secondary N) is 3. The third kappa shape index (κ3) is 4.08. The maximum atomic E-state index is 12.7. The van der Waals surface area contributed by atoms with Crippen molar-refractivity contribution in [3.05, 3.63) is 45.2 Å². The van der Waals surface area contributed by atoms with Gasteiger partial charge in [0.2, 0.25) is 11.8 Å². The second kappa shape index (κ2) is 7.92. The van der Waals surface area contributed by atoms with E-state index in [0.29, 0.717) is 15.9 Å². The molecular formula is C17H17ClN4O3S. The number of nitrogens with zero attached hydrogens (tertiary/aromatic N) is 1. The van der Waals surface area contributed by atoms with E-state index in [4.69, 9.17) is 11.6 Å². The number of benzene rings is 1. The summed E-state index contributed by atoms with van der Waals surface area (Å²) in [6.07, 6.45) is 0.808. The van der Waals surface area contributed by atoms with E-state index < -0.39 is 17.4 Å². The van der Waals surface area contributed by atoms with E-state index in [2.05, 4.69) is 20.6 Å². The van der Waals surface area contributed by atoms with Gasteiger partial charge in [0.15, 0.2) is 5.16 Å². The van der Waals surface area contributed by atoms with Crippen molar-refractivity contribution in [3.63, 3.8) is 0 Å². The van der Waals surface area contributed by atoms with Crippen molar-refractivity contribution >= 4 is 46.7 Å². The highest BCUT2D eigenvalue weighted by molar-refractivity contribution is 7.99. The number of hydrogen-bond donors (Lipinski definition) is 3. The molecule has 1 aromatic heterocycles. The molecule has 2 amide bonds. The molecule has 0 spiro atoms. The van der Waals surface area contributed by atoms with Crippen LogP contribution in [0.1, 0.15) is 31.2 Å². The Morgan fingerprint density at radius 3 is 2.77 bits per heavy atom. The van der Waals surface area contributed by atoms with E-state index >= 15 is 0 Å². The number of hydrogen-bond acceptors (Lipinski definition) is 5. The Bertz CT molecular complexity index is 898. The van der Waals surface area contributed by atoms with Crippen LogP contribution in [0.3, 0.4) is 0 Å². The number of H-pyrrole nitrogens is 1. The lowest BCUT2D eigenvalue weighted by molar-refractivity contribution is -0.123. The summed E-state index contributed by atoms with van der Waals surface area (Å²) in [6.45, 7) is 2.02. The second-order valence-corrected chi connectivity index (χ2v) is 7.30. The van der Waals surface area contributed by atoms with Crippen molar-refractivity contribution in [2.24, 2.45) is 0 Å². The molecule has 2 heterocycles. The molecular weight excluding hydrogens is 376 g/mol. The molecule has 3 N–H and O–H groups in total. The fourth-order valence-corrected chi connectivity index (χ4v) is 3.45. The summed E-state index contributed by atoms with van der Waals surface area (Å²) in [7, 11) is 0. The lowest BCUT2D eigenvalue weighted by atomic mass is 9.92. The highest BCUT2D eigenvalue weighted by Gasteiger charge is 2.34. The molecule has 0 unspecified atom stereocenters. The Hall–Kier alpha value is -2.32. The van der Waals surface area contributed by atoms with E-state index in [1.807, 2.05) is 6.92 Å². The summed E-state index contributed by atoms with van der Waals surface area (Å²) < 4.78 is 0. The first-order valence-corrected chi connectivity index (χ1v) is 9.47. The quantitative estimate of drug-likeness (QED) is 0.536. The molecule has 0 radical (unpaired) electrons. The fraction of sp³-hybridized carbons (Fsp3) is 0.294. The van der Waals surface area contributed by atoms with Gasteiger partial charge < -0.3 is 15.6 Å². The zero-order valence-corrected chi connectivity index (χ0v) is 15.5. The van der Waals surface area contributed by atoms with Crippen LogP contribution in [-0.4, -0.2) is 27.5 Å². The standard InChI is InChI=1S/C17H17ClN4O3S/c1-2-7-26-17-21-14-13(16(25)22-17)11(8-12(23)20-14)15(24)19-10-5-3-9(18)4-6-10/h3-6,11H,2,7-8H2,1H3,(H,19,24)(H2,20,21,22,23,25)/t11-/m0/s1. The summed E-state index contributed by atoms with van der Waals surface area (Å²) in [6, 6.07) is 6.59. The average molecular weight is 393 g/mol. The van der Waals surface area contributed by atoms with Gasteiger partial charge in [-0.15, -0.1) is 0 Å². The molecule has 2 aromatic rings. The number of aromatic nitrogens is 2. The average Bonchev–Trinajstić information content (AvgIpc) is 2.60.